The van der Waals surface area contributed by atoms with Gasteiger partial charge in [-0.15, -0.1) is 0 Å². The fourth-order valence-electron chi connectivity index (χ4n) is 8.13. The van der Waals surface area contributed by atoms with E-state index in [1.165, 1.54) is 43.6 Å². The molecular weight excluding hydrogens is 936 g/mol. The Morgan fingerprint density at radius 2 is 0.783 bits per heavy atom. The van der Waals surface area contributed by atoms with Crippen molar-refractivity contribution in [1.82, 2.24) is 28.7 Å². The summed E-state index contributed by atoms with van der Waals surface area (Å²) in [7, 11) is 0. The van der Waals surface area contributed by atoms with E-state index in [0.717, 1.165) is 52.5 Å². The van der Waals surface area contributed by atoms with Gasteiger partial charge in [0.15, 0.2) is 0 Å². The molecule has 0 bridgehead atoms. The Morgan fingerprint density at radius 3 is 1.37 bits per heavy atom. The standard InChI is InChI=1S/3C17H11BrN2/c18-14-10-19-11-16-17(14)13-8-4-5-9-15(13)20(16)12-6-2-1-3-7-12;18-14-10-11-19-17-16(14)13-8-4-5-9-15(13)20(17)12-6-2-1-3-7-12;18-17-16-13-8-4-5-9-14(13)20(15(16)10-11-19-17)12-6-2-1-3-7-12/h3*1-11H. The highest BCUT2D eigenvalue weighted by Gasteiger charge is 2.17. The summed E-state index contributed by atoms with van der Waals surface area (Å²) in [5.74, 6) is 0. The fourth-order valence-corrected chi connectivity index (χ4v) is 9.71. The summed E-state index contributed by atoms with van der Waals surface area (Å²) in [5, 5.41) is 7.19. The lowest BCUT2D eigenvalue weighted by Crippen LogP contribution is -1.94. The number of fused-ring (bicyclic) bond motifs is 9. The molecule has 0 aliphatic carbocycles. The second-order valence-corrected chi connectivity index (χ2v) is 16.5. The van der Waals surface area contributed by atoms with Crippen LogP contribution in [0.2, 0.25) is 0 Å². The zero-order valence-electron chi connectivity index (χ0n) is 31.9. The molecular formula is C51H33Br3N6. The van der Waals surface area contributed by atoms with Gasteiger partial charge in [0, 0.05) is 76.9 Å². The zero-order chi connectivity index (χ0) is 40.6. The van der Waals surface area contributed by atoms with Crippen LogP contribution in [0.1, 0.15) is 0 Å². The van der Waals surface area contributed by atoms with Gasteiger partial charge in [0.1, 0.15) is 10.3 Å². The lowest BCUT2D eigenvalue weighted by molar-refractivity contribution is 1.13. The van der Waals surface area contributed by atoms with Gasteiger partial charge in [0.25, 0.3) is 0 Å². The second kappa shape index (κ2) is 16.3. The van der Waals surface area contributed by atoms with Crippen LogP contribution in [0.4, 0.5) is 0 Å². The summed E-state index contributed by atoms with van der Waals surface area (Å²) in [5.41, 5.74) is 10.3. The quantitative estimate of drug-likeness (QED) is 0.166. The van der Waals surface area contributed by atoms with Crippen molar-refractivity contribution >= 4 is 113 Å². The van der Waals surface area contributed by atoms with Crippen LogP contribution in [-0.2, 0) is 0 Å². The SMILES string of the molecule is Brc1ccnc2c1c1ccccc1n2-c1ccccc1.Brc1cncc2c1c1ccccc1n2-c1ccccc1.Brc1nccc2c1c1ccccc1n2-c1ccccc1. The maximum absolute atomic E-state index is 4.59. The van der Waals surface area contributed by atoms with Gasteiger partial charge in [-0.05, 0) is 115 Å². The predicted molar refractivity (Wildman–Crippen MR) is 259 cm³/mol. The molecule has 6 aromatic carbocycles. The van der Waals surface area contributed by atoms with Gasteiger partial charge < -0.3 is 9.13 Å². The molecule has 288 valence electrons. The summed E-state index contributed by atoms with van der Waals surface area (Å²) >= 11 is 10.9. The minimum Gasteiger partial charge on any atom is -0.309 e. The Morgan fingerprint density at radius 1 is 0.333 bits per heavy atom. The molecule has 9 heteroatoms. The summed E-state index contributed by atoms with van der Waals surface area (Å²) in [6.07, 6.45) is 7.45. The van der Waals surface area contributed by atoms with Gasteiger partial charge in [-0.2, -0.15) is 0 Å². The highest BCUT2D eigenvalue weighted by molar-refractivity contribution is 9.11. The first kappa shape index (κ1) is 37.9. The third-order valence-corrected chi connectivity index (χ3v) is 12.5. The molecule has 0 saturated heterocycles. The number of nitrogens with zero attached hydrogens (tertiary/aromatic N) is 6. The minimum absolute atomic E-state index is 0.890. The number of pyridine rings is 3. The van der Waals surface area contributed by atoms with E-state index in [2.05, 4.69) is 216 Å². The highest BCUT2D eigenvalue weighted by atomic mass is 79.9. The van der Waals surface area contributed by atoms with Crippen LogP contribution in [0.25, 0.3) is 82.6 Å². The smallest absolute Gasteiger partial charge is 0.146 e. The molecule has 0 radical (unpaired) electrons. The Balaban J connectivity index is 0.000000108. The van der Waals surface area contributed by atoms with E-state index in [4.69, 9.17) is 0 Å². The van der Waals surface area contributed by atoms with Crippen LogP contribution in [0.15, 0.2) is 214 Å². The number of hydrogen-bond donors (Lipinski definition) is 0. The van der Waals surface area contributed by atoms with Gasteiger partial charge in [0.05, 0.1) is 33.8 Å². The molecule has 60 heavy (non-hydrogen) atoms. The lowest BCUT2D eigenvalue weighted by atomic mass is 10.2. The molecule has 0 N–H and O–H groups in total. The van der Waals surface area contributed by atoms with Gasteiger partial charge >= 0.3 is 0 Å². The number of halogens is 3. The lowest BCUT2D eigenvalue weighted by Gasteiger charge is -2.06. The third kappa shape index (κ3) is 6.69. The van der Waals surface area contributed by atoms with E-state index in [0.29, 0.717) is 0 Å². The monoisotopic (exact) mass is 966 g/mol. The zero-order valence-corrected chi connectivity index (χ0v) is 36.6. The van der Waals surface area contributed by atoms with Crippen molar-refractivity contribution in [1.29, 1.82) is 0 Å². The number of aromatic nitrogens is 6. The summed E-state index contributed by atoms with van der Waals surface area (Å²) < 4.78 is 9.73. The summed E-state index contributed by atoms with van der Waals surface area (Å²) in [6.45, 7) is 0. The normalized spacial score (nSPS) is 11.2. The van der Waals surface area contributed by atoms with E-state index >= 15 is 0 Å². The first-order valence-electron chi connectivity index (χ1n) is 19.3. The fraction of sp³-hybridized carbons (Fsp3) is 0. The van der Waals surface area contributed by atoms with E-state index in [1.807, 2.05) is 61.2 Å². The van der Waals surface area contributed by atoms with Crippen LogP contribution in [-0.4, -0.2) is 28.7 Å². The number of para-hydroxylation sites is 6. The Labute approximate surface area is 370 Å². The van der Waals surface area contributed by atoms with Gasteiger partial charge in [-0.25, -0.2) is 9.97 Å². The number of rotatable bonds is 3. The van der Waals surface area contributed by atoms with Gasteiger partial charge in [-0.1, -0.05) is 109 Å². The van der Waals surface area contributed by atoms with Crippen LogP contribution in [0, 0.1) is 0 Å². The maximum Gasteiger partial charge on any atom is 0.146 e. The molecule has 12 aromatic rings. The molecule has 6 heterocycles. The van der Waals surface area contributed by atoms with Crippen LogP contribution >= 0.6 is 47.8 Å². The van der Waals surface area contributed by atoms with Crippen molar-refractivity contribution in [2.45, 2.75) is 0 Å². The van der Waals surface area contributed by atoms with Crippen molar-refractivity contribution in [3.63, 3.8) is 0 Å². The van der Waals surface area contributed by atoms with Crippen molar-refractivity contribution < 1.29 is 0 Å². The molecule has 0 fully saturated rings. The first-order chi connectivity index (χ1) is 29.6. The van der Waals surface area contributed by atoms with Gasteiger partial charge in [0.2, 0.25) is 0 Å². The average molecular weight is 970 g/mol. The first-order valence-corrected chi connectivity index (χ1v) is 21.7. The van der Waals surface area contributed by atoms with Crippen molar-refractivity contribution in [2.24, 2.45) is 0 Å². The van der Waals surface area contributed by atoms with Crippen LogP contribution in [0.5, 0.6) is 0 Å². The minimum atomic E-state index is 0.890. The van der Waals surface area contributed by atoms with Gasteiger partial charge in [-0.3, -0.25) is 9.55 Å². The van der Waals surface area contributed by atoms with Crippen molar-refractivity contribution in [3.8, 4) is 17.1 Å². The summed E-state index contributed by atoms with van der Waals surface area (Å²) in [4.78, 5) is 13.3. The molecule has 0 aliphatic heterocycles. The molecule has 0 spiro atoms. The molecule has 0 unspecified atom stereocenters. The number of benzene rings is 6. The Kier molecular flexibility index (Phi) is 10.3. The predicted octanol–water partition coefficient (Wildman–Crippen LogP) is 14.8. The largest absolute Gasteiger partial charge is 0.309 e. The van der Waals surface area contributed by atoms with Crippen LogP contribution < -0.4 is 0 Å². The molecule has 0 atom stereocenters. The molecule has 6 nitrogen and oxygen atoms in total. The van der Waals surface area contributed by atoms with E-state index in [1.54, 1.807) is 0 Å². The molecule has 0 amide bonds. The average Bonchev–Trinajstić information content (AvgIpc) is 3.95. The second-order valence-electron chi connectivity index (χ2n) is 14.1. The summed E-state index contributed by atoms with van der Waals surface area (Å²) in [6, 6.07) is 60.5. The molecule has 0 aliphatic rings. The molecule has 0 saturated carbocycles. The van der Waals surface area contributed by atoms with E-state index < -0.39 is 0 Å². The van der Waals surface area contributed by atoms with E-state index in [9.17, 15) is 0 Å². The topological polar surface area (TPSA) is 53.5 Å². The highest BCUT2D eigenvalue weighted by Crippen LogP contribution is 2.38. The Bertz CT molecular complexity index is 3100. The van der Waals surface area contributed by atoms with E-state index in [-0.39, 0.29) is 0 Å². The molecule has 6 aromatic heterocycles. The van der Waals surface area contributed by atoms with Crippen LogP contribution in [0.3, 0.4) is 0 Å². The maximum atomic E-state index is 4.59. The third-order valence-electron chi connectivity index (χ3n) is 10.6. The van der Waals surface area contributed by atoms with Crippen molar-refractivity contribution in [3.05, 3.63) is 214 Å². The van der Waals surface area contributed by atoms with Crippen molar-refractivity contribution in [2.75, 3.05) is 0 Å². The molecule has 12 rings (SSSR count). The Hall–Kier alpha value is -6.39. The number of hydrogen-bond acceptors (Lipinski definition) is 3.